The van der Waals surface area contributed by atoms with Crippen LogP contribution in [0.1, 0.15) is 50.0 Å². The fourth-order valence-corrected chi connectivity index (χ4v) is 3.22. The number of nitrogens with zero attached hydrogens (tertiary/aromatic N) is 1. The number of hydrogen-bond acceptors (Lipinski definition) is 1. The van der Waals surface area contributed by atoms with E-state index in [0.29, 0.717) is 24.0 Å². The second-order valence-corrected chi connectivity index (χ2v) is 6.01. The summed E-state index contributed by atoms with van der Waals surface area (Å²) in [6.07, 6.45) is 6.99. The van der Waals surface area contributed by atoms with Gasteiger partial charge in [0.05, 0.1) is 6.04 Å². The first-order valence-electron chi connectivity index (χ1n) is 7.56. The molecule has 2 aliphatic rings. The van der Waals surface area contributed by atoms with Crippen molar-refractivity contribution >= 4 is 29.9 Å². The van der Waals surface area contributed by atoms with Gasteiger partial charge in [-0.2, -0.15) is 0 Å². The molecule has 2 aliphatic carbocycles. The van der Waals surface area contributed by atoms with Gasteiger partial charge in [-0.1, -0.05) is 25.0 Å². The summed E-state index contributed by atoms with van der Waals surface area (Å²) in [5.74, 6) is 0.947. The van der Waals surface area contributed by atoms with Gasteiger partial charge in [0.25, 0.3) is 0 Å². The van der Waals surface area contributed by atoms with E-state index in [0.717, 1.165) is 12.8 Å². The summed E-state index contributed by atoms with van der Waals surface area (Å²) in [7, 11) is 0. The molecule has 1 aromatic rings. The predicted molar refractivity (Wildman–Crippen MR) is 94.6 cm³/mol. The Labute approximate surface area is 142 Å². The highest BCUT2D eigenvalue weighted by Gasteiger charge is 2.30. The van der Waals surface area contributed by atoms with Crippen LogP contribution in [0.25, 0.3) is 0 Å². The molecule has 0 aliphatic heterocycles. The van der Waals surface area contributed by atoms with E-state index in [1.807, 2.05) is 12.1 Å². The second-order valence-electron chi connectivity index (χ2n) is 6.01. The number of guanidine groups is 1. The lowest BCUT2D eigenvalue weighted by Gasteiger charge is -2.36. The molecule has 0 saturated heterocycles. The Morgan fingerprint density at radius 3 is 2.38 bits per heavy atom. The number of nitrogens with two attached hydrogens (primary N) is 1. The van der Waals surface area contributed by atoms with Gasteiger partial charge in [0.1, 0.15) is 5.82 Å². The van der Waals surface area contributed by atoms with E-state index in [-0.39, 0.29) is 29.8 Å². The van der Waals surface area contributed by atoms with Crippen molar-refractivity contribution in [2.45, 2.75) is 56.5 Å². The first-order chi connectivity index (χ1) is 9.70. The molecule has 3 nitrogen and oxygen atoms in total. The zero-order valence-corrected chi connectivity index (χ0v) is 14.4. The number of aliphatic imine (C=N–C) groups is 1. The standard InChI is InChI=1S/C16H22FN3.HI/c17-13-7-5-11(6-8-13)12-9-15(10-12)20-16(18)19-14-3-1-2-4-14;/h5-8,12,14-15H,1-4,9-10H2,(H3,18,19,20);1H. The second kappa shape index (κ2) is 7.42. The van der Waals surface area contributed by atoms with Crippen molar-refractivity contribution in [3.63, 3.8) is 0 Å². The van der Waals surface area contributed by atoms with Crippen LogP contribution in [0.5, 0.6) is 0 Å². The third-order valence-corrected chi connectivity index (χ3v) is 4.48. The number of halogens is 2. The van der Waals surface area contributed by atoms with Crippen LogP contribution in [0.2, 0.25) is 0 Å². The molecule has 0 heterocycles. The van der Waals surface area contributed by atoms with Crippen molar-refractivity contribution in [1.29, 1.82) is 0 Å². The monoisotopic (exact) mass is 403 g/mol. The quantitative estimate of drug-likeness (QED) is 0.461. The van der Waals surface area contributed by atoms with Crippen LogP contribution in [0.4, 0.5) is 4.39 Å². The van der Waals surface area contributed by atoms with Gasteiger partial charge in [-0.15, -0.1) is 24.0 Å². The Kier molecular flexibility index (Phi) is 5.84. The maximum atomic E-state index is 12.9. The number of nitrogens with one attached hydrogen (secondary N) is 1. The fourth-order valence-electron chi connectivity index (χ4n) is 3.22. The molecule has 3 N–H and O–H groups in total. The molecule has 1 aromatic carbocycles. The van der Waals surface area contributed by atoms with Gasteiger partial charge in [0.2, 0.25) is 0 Å². The van der Waals surface area contributed by atoms with Gasteiger partial charge in [-0.3, -0.25) is 4.99 Å². The molecule has 0 amide bonds. The third-order valence-electron chi connectivity index (χ3n) is 4.48. The van der Waals surface area contributed by atoms with Gasteiger partial charge in [0, 0.05) is 6.04 Å². The van der Waals surface area contributed by atoms with Gasteiger partial charge < -0.3 is 11.1 Å². The number of hydrogen-bond donors (Lipinski definition) is 2. The highest BCUT2D eigenvalue weighted by atomic mass is 127. The molecule has 0 radical (unpaired) electrons. The van der Waals surface area contributed by atoms with Crippen molar-refractivity contribution in [3.05, 3.63) is 35.6 Å². The van der Waals surface area contributed by atoms with Crippen LogP contribution in [-0.2, 0) is 0 Å². The Morgan fingerprint density at radius 2 is 1.76 bits per heavy atom. The maximum Gasteiger partial charge on any atom is 0.189 e. The zero-order valence-electron chi connectivity index (χ0n) is 12.1. The van der Waals surface area contributed by atoms with Gasteiger partial charge in [0.15, 0.2) is 5.96 Å². The first-order valence-corrected chi connectivity index (χ1v) is 7.56. The van der Waals surface area contributed by atoms with Gasteiger partial charge in [-0.05, 0) is 49.3 Å². The highest BCUT2D eigenvalue weighted by Crippen LogP contribution is 2.36. The summed E-state index contributed by atoms with van der Waals surface area (Å²) < 4.78 is 12.9. The molecule has 0 spiro atoms. The molecule has 2 saturated carbocycles. The van der Waals surface area contributed by atoms with Crippen LogP contribution in [0.3, 0.4) is 0 Å². The number of rotatable bonds is 3. The van der Waals surface area contributed by atoms with Crippen LogP contribution in [0.15, 0.2) is 29.3 Å². The van der Waals surface area contributed by atoms with E-state index in [9.17, 15) is 4.39 Å². The molecule has 0 unspecified atom stereocenters. The zero-order chi connectivity index (χ0) is 13.9. The lowest BCUT2D eigenvalue weighted by molar-refractivity contribution is 0.323. The Morgan fingerprint density at radius 1 is 1.14 bits per heavy atom. The molecular formula is C16H23FIN3. The predicted octanol–water partition coefficient (Wildman–Crippen LogP) is 3.54. The lowest BCUT2D eigenvalue weighted by atomic mass is 9.76. The molecule has 0 bridgehead atoms. The smallest absolute Gasteiger partial charge is 0.189 e. The minimum atomic E-state index is -0.171. The van der Waals surface area contributed by atoms with Crippen molar-refractivity contribution in [2.24, 2.45) is 10.7 Å². The van der Waals surface area contributed by atoms with Gasteiger partial charge >= 0.3 is 0 Å². The molecule has 0 aromatic heterocycles. The largest absolute Gasteiger partial charge is 0.370 e. The summed E-state index contributed by atoms with van der Waals surface area (Å²) in [6.45, 7) is 0. The molecule has 2 fully saturated rings. The average Bonchev–Trinajstić information content (AvgIpc) is 2.87. The summed E-state index contributed by atoms with van der Waals surface area (Å²) in [5, 5.41) is 3.31. The van der Waals surface area contributed by atoms with Crippen LogP contribution in [0, 0.1) is 5.82 Å². The Balaban J connectivity index is 0.00000161. The molecular weight excluding hydrogens is 380 g/mol. The van der Waals surface area contributed by atoms with Crippen LogP contribution < -0.4 is 11.1 Å². The van der Waals surface area contributed by atoms with Gasteiger partial charge in [-0.25, -0.2) is 4.39 Å². The first kappa shape index (κ1) is 16.5. The topological polar surface area (TPSA) is 50.4 Å². The minimum Gasteiger partial charge on any atom is -0.370 e. The maximum absolute atomic E-state index is 12.9. The van der Waals surface area contributed by atoms with E-state index in [1.165, 1.54) is 43.4 Å². The SMILES string of the molecule is I.NC(=NC1CCCC1)NC1CC(c2ccc(F)cc2)C1. The van der Waals surface area contributed by atoms with Crippen molar-refractivity contribution < 1.29 is 4.39 Å². The highest BCUT2D eigenvalue weighted by molar-refractivity contribution is 14.0. The minimum absolute atomic E-state index is 0. The lowest BCUT2D eigenvalue weighted by Crippen LogP contribution is -2.47. The van der Waals surface area contributed by atoms with E-state index in [2.05, 4.69) is 10.3 Å². The van der Waals surface area contributed by atoms with E-state index >= 15 is 0 Å². The van der Waals surface area contributed by atoms with Crippen molar-refractivity contribution in [2.75, 3.05) is 0 Å². The Bertz CT molecular complexity index is 477. The summed E-state index contributed by atoms with van der Waals surface area (Å²) >= 11 is 0. The summed E-state index contributed by atoms with van der Waals surface area (Å²) in [5.41, 5.74) is 7.18. The fraction of sp³-hybridized carbons (Fsp3) is 0.562. The van der Waals surface area contributed by atoms with Crippen molar-refractivity contribution in [3.8, 4) is 0 Å². The molecule has 3 rings (SSSR count). The van der Waals surface area contributed by atoms with E-state index in [1.54, 1.807) is 0 Å². The van der Waals surface area contributed by atoms with Crippen LogP contribution in [-0.4, -0.2) is 18.0 Å². The molecule has 5 heteroatoms. The molecule has 21 heavy (non-hydrogen) atoms. The normalized spacial score (nSPS) is 26.0. The Hall–Kier alpha value is -0.850. The average molecular weight is 403 g/mol. The molecule has 116 valence electrons. The van der Waals surface area contributed by atoms with E-state index in [4.69, 9.17) is 5.73 Å². The van der Waals surface area contributed by atoms with E-state index < -0.39 is 0 Å². The summed E-state index contributed by atoms with van der Waals surface area (Å²) in [6, 6.07) is 7.67. The van der Waals surface area contributed by atoms with Crippen molar-refractivity contribution in [1.82, 2.24) is 5.32 Å². The summed E-state index contributed by atoms with van der Waals surface area (Å²) in [4.78, 5) is 4.54. The number of benzene rings is 1. The van der Waals surface area contributed by atoms with Crippen LogP contribution >= 0.6 is 24.0 Å². The molecule has 0 atom stereocenters. The third kappa shape index (κ3) is 4.31.